The Morgan fingerprint density at radius 1 is 1.45 bits per heavy atom. The Morgan fingerprint density at radius 3 is 2.65 bits per heavy atom. The molecule has 7 heteroatoms. The Bertz CT molecular complexity index is 463. The molecular formula is C13H20NO4PS. The van der Waals surface area contributed by atoms with E-state index in [0.717, 1.165) is 5.56 Å². The van der Waals surface area contributed by atoms with Gasteiger partial charge in [0.25, 0.3) is 0 Å². The second-order valence-corrected chi connectivity index (χ2v) is 7.94. The number of alkyl carbamates (subject to hydrolysis) is 1. The molecule has 0 bridgehead atoms. The van der Waals surface area contributed by atoms with Crippen molar-refractivity contribution in [1.29, 1.82) is 0 Å². The van der Waals surface area contributed by atoms with Gasteiger partial charge >= 0.3 is 6.09 Å². The van der Waals surface area contributed by atoms with Crippen LogP contribution < -0.4 is 5.32 Å². The molecule has 0 aliphatic carbocycles. The van der Waals surface area contributed by atoms with Crippen molar-refractivity contribution in [2.45, 2.75) is 18.8 Å². The molecule has 2 unspecified atom stereocenters. The maximum atomic E-state index is 11.7. The first-order valence-electron chi connectivity index (χ1n) is 6.19. The number of benzene rings is 1. The standard InChI is InChI=1S/C13H20NO4PS/c1-19(16,17)12(8-9-20-2)14-13(15)18-10-11-6-4-3-5-7-11/h3-7,12H,8-10H2,1-2H3,(H,14,15)(H,16,17). The summed E-state index contributed by atoms with van der Waals surface area (Å²) in [5.41, 5.74) is 0.868. The molecule has 20 heavy (non-hydrogen) atoms. The number of carbonyl (C=O) groups excluding carboxylic acids is 1. The summed E-state index contributed by atoms with van der Waals surface area (Å²) in [4.78, 5) is 21.3. The lowest BCUT2D eigenvalue weighted by Gasteiger charge is -2.20. The number of ether oxygens (including phenoxy) is 1. The zero-order valence-corrected chi connectivity index (χ0v) is 13.3. The van der Waals surface area contributed by atoms with Crippen molar-refractivity contribution in [3.05, 3.63) is 35.9 Å². The maximum absolute atomic E-state index is 11.7. The van der Waals surface area contributed by atoms with Gasteiger partial charge in [-0.25, -0.2) is 4.79 Å². The van der Waals surface area contributed by atoms with E-state index in [4.69, 9.17) is 4.74 Å². The summed E-state index contributed by atoms with van der Waals surface area (Å²) in [5, 5.41) is 2.47. The van der Waals surface area contributed by atoms with Gasteiger partial charge in [-0.05, 0) is 24.0 Å². The van der Waals surface area contributed by atoms with Crippen LogP contribution in [0.2, 0.25) is 0 Å². The zero-order chi connectivity index (χ0) is 15.0. The SMILES string of the molecule is CSCCC(NC(=O)OCc1ccccc1)P(C)(=O)O. The third-order valence-electron chi connectivity index (χ3n) is 2.67. The monoisotopic (exact) mass is 317 g/mol. The lowest BCUT2D eigenvalue weighted by molar-refractivity contribution is 0.137. The normalized spacial score (nSPS) is 15.2. The van der Waals surface area contributed by atoms with Gasteiger partial charge in [0.1, 0.15) is 12.4 Å². The Hall–Kier alpha value is -0.970. The lowest BCUT2D eigenvalue weighted by Crippen LogP contribution is -2.35. The molecule has 112 valence electrons. The van der Waals surface area contributed by atoms with Crippen LogP contribution in [-0.4, -0.2) is 35.4 Å². The van der Waals surface area contributed by atoms with Crippen LogP contribution in [-0.2, 0) is 15.9 Å². The topological polar surface area (TPSA) is 75.6 Å². The quantitative estimate of drug-likeness (QED) is 0.756. The van der Waals surface area contributed by atoms with E-state index in [0.29, 0.717) is 12.2 Å². The van der Waals surface area contributed by atoms with Crippen molar-refractivity contribution in [3.8, 4) is 0 Å². The van der Waals surface area contributed by atoms with E-state index >= 15 is 0 Å². The largest absolute Gasteiger partial charge is 0.445 e. The van der Waals surface area contributed by atoms with Gasteiger partial charge in [0.15, 0.2) is 0 Å². The Kier molecular flexibility index (Phi) is 7.13. The van der Waals surface area contributed by atoms with Crippen molar-refractivity contribution in [2.24, 2.45) is 0 Å². The summed E-state index contributed by atoms with van der Waals surface area (Å²) >= 11 is 1.56. The molecule has 0 spiro atoms. The first-order chi connectivity index (χ1) is 9.43. The highest BCUT2D eigenvalue weighted by Crippen LogP contribution is 2.42. The van der Waals surface area contributed by atoms with Crippen molar-refractivity contribution in [2.75, 3.05) is 18.7 Å². The molecule has 0 fully saturated rings. The van der Waals surface area contributed by atoms with Gasteiger partial charge in [-0.2, -0.15) is 11.8 Å². The predicted molar refractivity (Wildman–Crippen MR) is 82.3 cm³/mol. The van der Waals surface area contributed by atoms with E-state index in [1.54, 1.807) is 11.8 Å². The molecule has 0 radical (unpaired) electrons. The van der Waals surface area contributed by atoms with Gasteiger partial charge in [0, 0.05) is 6.66 Å². The summed E-state index contributed by atoms with van der Waals surface area (Å²) in [6, 6.07) is 9.27. The molecule has 1 amide bonds. The van der Waals surface area contributed by atoms with Gasteiger partial charge in [-0.1, -0.05) is 30.3 Å². The maximum Gasteiger partial charge on any atom is 0.408 e. The van der Waals surface area contributed by atoms with Gasteiger partial charge in [-0.15, -0.1) is 0 Å². The minimum atomic E-state index is -3.38. The Morgan fingerprint density at radius 2 is 2.10 bits per heavy atom. The fourth-order valence-corrected chi connectivity index (χ4v) is 3.16. The Balaban J connectivity index is 2.47. The molecule has 2 atom stereocenters. The van der Waals surface area contributed by atoms with Crippen molar-refractivity contribution < 1.29 is 19.0 Å². The number of rotatable bonds is 7. The van der Waals surface area contributed by atoms with Crippen LogP contribution in [0.4, 0.5) is 4.79 Å². The van der Waals surface area contributed by atoms with Crippen molar-refractivity contribution >= 4 is 25.2 Å². The second-order valence-electron chi connectivity index (χ2n) is 4.45. The van der Waals surface area contributed by atoms with Gasteiger partial charge in [0.05, 0.1) is 0 Å². The number of thioether (sulfide) groups is 1. The minimum Gasteiger partial charge on any atom is -0.445 e. The predicted octanol–water partition coefficient (Wildman–Crippen LogP) is 2.89. The second kappa shape index (κ2) is 8.35. The highest BCUT2D eigenvalue weighted by atomic mass is 32.2. The average Bonchev–Trinajstić information content (AvgIpc) is 2.41. The van der Waals surface area contributed by atoms with E-state index in [2.05, 4.69) is 5.32 Å². The summed E-state index contributed by atoms with van der Waals surface area (Å²) in [6.45, 7) is 1.39. The van der Waals surface area contributed by atoms with Crippen LogP contribution in [0.15, 0.2) is 30.3 Å². The summed E-state index contributed by atoms with van der Waals surface area (Å²) in [5.74, 6) is -0.0691. The molecule has 0 saturated heterocycles. The molecule has 1 aromatic rings. The molecule has 0 heterocycles. The van der Waals surface area contributed by atoms with Crippen LogP contribution in [0.1, 0.15) is 12.0 Å². The first-order valence-corrected chi connectivity index (χ1v) is 9.76. The molecule has 2 N–H and O–H groups in total. The number of amides is 1. The van der Waals surface area contributed by atoms with Crippen LogP contribution in [0.25, 0.3) is 0 Å². The zero-order valence-electron chi connectivity index (χ0n) is 11.6. The number of hydrogen-bond donors (Lipinski definition) is 2. The molecule has 0 aliphatic heterocycles. The van der Waals surface area contributed by atoms with E-state index in [1.165, 1.54) is 6.66 Å². The highest BCUT2D eigenvalue weighted by Gasteiger charge is 2.27. The Labute approximate surface area is 123 Å². The van der Waals surface area contributed by atoms with Crippen LogP contribution in [0.3, 0.4) is 0 Å². The fourth-order valence-electron chi connectivity index (χ4n) is 1.56. The first kappa shape index (κ1) is 17.1. The van der Waals surface area contributed by atoms with Crippen LogP contribution in [0.5, 0.6) is 0 Å². The highest BCUT2D eigenvalue weighted by molar-refractivity contribution is 7.98. The molecule has 1 aromatic carbocycles. The average molecular weight is 317 g/mol. The number of nitrogens with one attached hydrogen (secondary N) is 1. The summed E-state index contributed by atoms with van der Waals surface area (Å²) < 4.78 is 16.8. The van der Waals surface area contributed by atoms with Crippen LogP contribution in [0, 0.1) is 0 Å². The van der Waals surface area contributed by atoms with E-state index in [-0.39, 0.29) is 6.61 Å². The molecular weight excluding hydrogens is 297 g/mol. The van der Waals surface area contributed by atoms with Crippen LogP contribution >= 0.6 is 19.1 Å². The van der Waals surface area contributed by atoms with Gasteiger partial charge in [0.2, 0.25) is 7.37 Å². The van der Waals surface area contributed by atoms with E-state index in [9.17, 15) is 14.3 Å². The van der Waals surface area contributed by atoms with Crippen molar-refractivity contribution in [3.63, 3.8) is 0 Å². The molecule has 1 rings (SSSR count). The lowest BCUT2D eigenvalue weighted by atomic mass is 10.2. The summed E-state index contributed by atoms with van der Waals surface area (Å²) in [7, 11) is -3.38. The van der Waals surface area contributed by atoms with Gasteiger partial charge in [-0.3, -0.25) is 4.57 Å². The molecule has 0 saturated carbocycles. The minimum absolute atomic E-state index is 0.140. The van der Waals surface area contributed by atoms with E-state index < -0.39 is 19.2 Å². The smallest absolute Gasteiger partial charge is 0.408 e. The molecule has 0 aromatic heterocycles. The molecule has 5 nitrogen and oxygen atoms in total. The fraction of sp³-hybridized carbons (Fsp3) is 0.462. The summed E-state index contributed by atoms with van der Waals surface area (Å²) in [6.07, 6.45) is 1.67. The molecule has 0 aliphatic rings. The number of hydrogen-bond acceptors (Lipinski definition) is 4. The third-order valence-corrected chi connectivity index (χ3v) is 4.86. The van der Waals surface area contributed by atoms with E-state index in [1.807, 2.05) is 36.6 Å². The number of carbonyl (C=O) groups is 1. The van der Waals surface area contributed by atoms with Gasteiger partial charge < -0.3 is 14.9 Å². The third kappa shape index (κ3) is 6.46. The van der Waals surface area contributed by atoms with Crippen molar-refractivity contribution in [1.82, 2.24) is 5.32 Å².